The minimum Gasteiger partial charge on any atom is -0.356 e. The third-order valence-electron chi connectivity index (χ3n) is 4.80. The Bertz CT molecular complexity index is 834. The van der Waals surface area contributed by atoms with Crippen molar-refractivity contribution in [3.63, 3.8) is 0 Å². The van der Waals surface area contributed by atoms with Gasteiger partial charge in [0.05, 0.1) is 11.0 Å². The van der Waals surface area contributed by atoms with Gasteiger partial charge in [0.1, 0.15) is 11.5 Å². The molecule has 3 heterocycles. The molecule has 0 unspecified atom stereocenters. The molecule has 0 atom stereocenters. The van der Waals surface area contributed by atoms with Crippen LogP contribution in [0.5, 0.6) is 0 Å². The zero-order valence-electron chi connectivity index (χ0n) is 14.6. The zero-order chi connectivity index (χ0) is 17.2. The molecular formula is C19H23N5S. The van der Waals surface area contributed by atoms with Crippen molar-refractivity contribution in [2.24, 2.45) is 0 Å². The fraction of sp³-hybridized carbons (Fsp3) is 0.368. The lowest BCUT2D eigenvalue weighted by molar-refractivity contribution is 0.477. The van der Waals surface area contributed by atoms with Crippen LogP contribution in [0, 0.1) is 6.92 Å². The highest BCUT2D eigenvalue weighted by atomic mass is 32.2. The predicted octanol–water partition coefficient (Wildman–Crippen LogP) is 3.77. The van der Waals surface area contributed by atoms with Crippen LogP contribution in [-0.4, -0.2) is 40.3 Å². The van der Waals surface area contributed by atoms with Crippen molar-refractivity contribution in [1.29, 1.82) is 0 Å². The van der Waals surface area contributed by atoms with Crippen molar-refractivity contribution < 1.29 is 0 Å². The second-order valence-electron chi connectivity index (χ2n) is 6.52. The molecule has 0 radical (unpaired) electrons. The Kier molecular flexibility index (Phi) is 4.63. The molecule has 1 fully saturated rings. The smallest absolute Gasteiger partial charge is 0.157 e. The number of nitrogens with zero attached hydrogens (tertiary/aromatic N) is 3. The van der Waals surface area contributed by atoms with Gasteiger partial charge in [-0.25, -0.2) is 9.97 Å². The number of H-pyrrole nitrogens is 1. The number of hydrogen-bond donors (Lipinski definition) is 2. The molecule has 1 aliphatic heterocycles. The summed E-state index contributed by atoms with van der Waals surface area (Å²) in [6.45, 7) is 4.16. The van der Waals surface area contributed by atoms with Crippen LogP contribution in [0.4, 0.5) is 5.82 Å². The van der Waals surface area contributed by atoms with E-state index >= 15 is 0 Å². The van der Waals surface area contributed by atoms with Gasteiger partial charge in [0, 0.05) is 19.1 Å². The van der Waals surface area contributed by atoms with E-state index in [1.54, 1.807) is 11.9 Å². The first-order chi connectivity index (χ1) is 12.2. The third kappa shape index (κ3) is 3.37. The van der Waals surface area contributed by atoms with Crippen LogP contribution in [0.1, 0.15) is 18.4 Å². The molecule has 3 aromatic rings. The molecule has 0 amide bonds. The number of para-hydroxylation sites is 2. The molecule has 0 spiro atoms. The van der Waals surface area contributed by atoms with E-state index in [2.05, 4.69) is 46.0 Å². The third-order valence-corrected chi connectivity index (χ3v) is 5.37. The van der Waals surface area contributed by atoms with Crippen molar-refractivity contribution in [2.75, 3.05) is 24.2 Å². The standard InChI is InChI=1S/C19H23N5S/c1-13-7-8-17(24-11-9-14(10-12-24)23-25-2)22-18(13)19-20-15-5-3-4-6-16(15)21-19/h3-8,14,23H,9-12H2,1-2H3,(H,20,21). The summed E-state index contributed by atoms with van der Waals surface area (Å²) in [4.78, 5) is 15.4. The number of pyridine rings is 1. The van der Waals surface area contributed by atoms with Crippen LogP contribution >= 0.6 is 11.9 Å². The van der Waals surface area contributed by atoms with E-state index in [4.69, 9.17) is 9.97 Å². The van der Waals surface area contributed by atoms with Crippen molar-refractivity contribution in [3.05, 3.63) is 42.0 Å². The Morgan fingerprint density at radius 2 is 1.92 bits per heavy atom. The molecule has 25 heavy (non-hydrogen) atoms. The number of imidazole rings is 1. The van der Waals surface area contributed by atoms with Gasteiger partial charge in [-0.2, -0.15) is 0 Å². The van der Waals surface area contributed by atoms with Gasteiger partial charge >= 0.3 is 0 Å². The van der Waals surface area contributed by atoms with E-state index < -0.39 is 0 Å². The lowest BCUT2D eigenvalue weighted by Gasteiger charge is -2.33. The van der Waals surface area contributed by atoms with Crippen LogP contribution in [0.2, 0.25) is 0 Å². The van der Waals surface area contributed by atoms with E-state index in [-0.39, 0.29) is 0 Å². The molecule has 2 N–H and O–H groups in total. The lowest BCUT2D eigenvalue weighted by atomic mass is 10.1. The summed E-state index contributed by atoms with van der Waals surface area (Å²) in [7, 11) is 0. The van der Waals surface area contributed by atoms with E-state index in [0.29, 0.717) is 6.04 Å². The summed E-state index contributed by atoms with van der Waals surface area (Å²) in [5, 5.41) is 0. The van der Waals surface area contributed by atoms with Gasteiger partial charge in [-0.15, -0.1) is 0 Å². The highest BCUT2D eigenvalue weighted by Crippen LogP contribution is 2.26. The molecule has 130 valence electrons. The lowest BCUT2D eigenvalue weighted by Crippen LogP contribution is -2.40. The van der Waals surface area contributed by atoms with Crippen molar-refractivity contribution >= 4 is 28.8 Å². The Morgan fingerprint density at radius 3 is 2.68 bits per heavy atom. The highest BCUT2D eigenvalue weighted by molar-refractivity contribution is 7.96. The number of aromatic nitrogens is 3. The molecule has 6 heteroatoms. The zero-order valence-corrected chi connectivity index (χ0v) is 15.4. The summed E-state index contributed by atoms with van der Waals surface area (Å²) < 4.78 is 3.47. The Hall–Kier alpha value is -2.05. The van der Waals surface area contributed by atoms with Gasteiger partial charge in [0.15, 0.2) is 5.82 Å². The quantitative estimate of drug-likeness (QED) is 0.699. The maximum absolute atomic E-state index is 4.94. The van der Waals surface area contributed by atoms with E-state index in [0.717, 1.165) is 59.9 Å². The van der Waals surface area contributed by atoms with Gasteiger partial charge in [-0.05, 0) is 49.8 Å². The number of hydrogen-bond acceptors (Lipinski definition) is 5. The second-order valence-corrected chi connectivity index (χ2v) is 7.16. The van der Waals surface area contributed by atoms with Crippen molar-refractivity contribution in [1.82, 2.24) is 19.7 Å². The van der Waals surface area contributed by atoms with E-state index in [1.807, 2.05) is 18.2 Å². The Balaban J connectivity index is 1.61. The molecule has 1 aliphatic rings. The van der Waals surface area contributed by atoms with Gasteiger partial charge < -0.3 is 9.88 Å². The molecule has 1 aromatic carbocycles. The first-order valence-electron chi connectivity index (χ1n) is 8.71. The largest absolute Gasteiger partial charge is 0.356 e. The molecule has 4 rings (SSSR count). The average molecular weight is 353 g/mol. The van der Waals surface area contributed by atoms with E-state index in [9.17, 15) is 0 Å². The summed E-state index contributed by atoms with van der Waals surface area (Å²) in [5.74, 6) is 1.89. The van der Waals surface area contributed by atoms with Crippen molar-refractivity contribution in [3.8, 4) is 11.5 Å². The second kappa shape index (κ2) is 7.06. The average Bonchev–Trinajstić information content (AvgIpc) is 3.07. The minimum absolute atomic E-state index is 0.603. The molecule has 5 nitrogen and oxygen atoms in total. The maximum atomic E-state index is 4.94. The number of benzene rings is 1. The van der Waals surface area contributed by atoms with Gasteiger partial charge in [0.2, 0.25) is 0 Å². The highest BCUT2D eigenvalue weighted by Gasteiger charge is 2.20. The number of rotatable bonds is 4. The summed E-state index contributed by atoms with van der Waals surface area (Å²) in [6, 6.07) is 13.0. The maximum Gasteiger partial charge on any atom is 0.157 e. The fourth-order valence-electron chi connectivity index (χ4n) is 3.39. The minimum atomic E-state index is 0.603. The molecule has 1 saturated heterocycles. The normalized spacial score (nSPS) is 15.8. The number of anilines is 1. The number of nitrogens with one attached hydrogen (secondary N) is 2. The Morgan fingerprint density at radius 1 is 1.12 bits per heavy atom. The summed E-state index contributed by atoms with van der Waals surface area (Å²) in [5.41, 5.74) is 4.11. The Labute approximate surface area is 152 Å². The first kappa shape index (κ1) is 16.4. The number of aryl methyl sites for hydroxylation is 1. The SMILES string of the molecule is CSNC1CCN(c2ccc(C)c(-c3nc4ccccc4[nH]3)n2)CC1. The van der Waals surface area contributed by atoms with Crippen LogP contribution in [0.15, 0.2) is 36.4 Å². The topological polar surface area (TPSA) is 56.8 Å². The molecule has 2 aromatic heterocycles. The molecular weight excluding hydrogens is 330 g/mol. The summed E-state index contributed by atoms with van der Waals surface area (Å²) >= 11 is 1.71. The van der Waals surface area contributed by atoms with E-state index in [1.165, 1.54) is 0 Å². The van der Waals surface area contributed by atoms with Gasteiger partial charge in [0.25, 0.3) is 0 Å². The summed E-state index contributed by atoms with van der Waals surface area (Å²) in [6.07, 6.45) is 4.39. The number of fused-ring (bicyclic) bond motifs is 1. The number of piperidine rings is 1. The molecule has 0 bridgehead atoms. The van der Waals surface area contributed by atoms with Crippen LogP contribution in [0.3, 0.4) is 0 Å². The van der Waals surface area contributed by atoms with Crippen LogP contribution < -0.4 is 9.62 Å². The fourth-order valence-corrected chi connectivity index (χ4v) is 3.96. The van der Waals surface area contributed by atoms with Crippen LogP contribution in [-0.2, 0) is 0 Å². The monoisotopic (exact) mass is 353 g/mol. The first-order valence-corrected chi connectivity index (χ1v) is 9.93. The van der Waals surface area contributed by atoms with Crippen LogP contribution in [0.25, 0.3) is 22.6 Å². The van der Waals surface area contributed by atoms with Crippen molar-refractivity contribution in [2.45, 2.75) is 25.8 Å². The van der Waals surface area contributed by atoms with Gasteiger partial charge in [-0.1, -0.05) is 30.1 Å². The predicted molar refractivity (Wildman–Crippen MR) is 106 cm³/mol. The molecule has 0 saturated carbocycles. The molecule has 0 aliphatic carbocycles. The van der Waals surface area contributed by atoms with Gasteiger partial charge in [-0.3, -0.25) is 4.72 Å². The number of aromatic amines is 1.